The Balaban J connectivity index is 1.80. The highest BCUT2D eigenvalue weighted by molar-refractivity contribution is 6.06. The van der Waals surface area contributed by atoms with Gasteiger partial charge in [-0.2, -0.15) is 0 Å². The number of hydrogen-bond acceptors (Lipinski definition) is 1. The van der Waals surface area contributed by atoms with Gasteiger partial charge in [0.2, 0.25) is 0 Å². The van der Waals surface area contributed by atoms with Gasteiger partial charge >= 0.3 is 0 Å². The third-order valence-corrected chi connectivity index (χ3v) is 4.83. The van der Waals surface area contributed by atoms with E-state index in [4.69, 9.17) is 0 Å². The van der Waals surface area contributed by atoms with Gasteiger partial charge in [0.15, 0.2) is 0 Å². The molecule has 1 saturated carbocycles. The van der Waals surface area contributed by atoms with Gasteiger partial charge in [-0.3, -0.25) is 4.79 Å². The quantitative estimate of drug-likeness (QED) is 0.875. The van der Waals surface area contributed by atoms with Crippen molar-refractivity contribution in [3.8, 4) is 0 Å². The zero-order valence-corrected chi connectivity index (χ0v) is 12.9. The molecule has 112 valence electrons. The molecule has 3 nitrogen and oxygen atoms in total. The summed E-state index contributed by atoms with van der Waals surface area (Å²) in [6.07, 6.45) is 6.75. The SMILES string of the molecule is CC(C)C1CCCCC1NC(=O)c1cccc2[nH]ccc12. The predicted molar refractivity (Wildman–Crippen MR) is 86.3 cm³/mol. The van der Waals surface area contributed by atoms with E-state index < -0.39 is 0 Å². The summed E-state index contributed by atoms with van der Waals surface area (Å²) in [7, 11) is 0. The standard InChI is InChI=1S/C18H24N2O/c1-12(2)13-6-3-4-8-17(13)20-18(21)15-7-5-9-16-14(15)10-11-19-16/h5,7,9-13,17,19H,3-4,6,8H2,1-2H3,(H,20,21). The monoisotopic (exact) mass is 284 g/mol. The molecule has 3 heteroatoms. The van der Waals surface area contributed by atoms with Crippen molar-refractivity contribution in [2.24, 2.45) is 11.8 Å². The van der Waals surface area contributed by atoms with Crippen molar-refractivity contribution in [3.05, 3.63) is 36.0 Å². The molecule has 21 heavy (non-hydrogen) atoms. The van der Waals surface area contributed by atoms with Crippen molar-refractivity contribution in [2.75, 3.05) is 0 Å². The van der Waals surface area contributed by atoms with E-state index in [1.54, 1.807) is 0 Å². The number of carbonyl (C=O) groups excluding carboxylic acids is 1. The van der Waals surface area contributed by atoms with Crippen molar-refractivity contribution in [3.63, 3.8) is 0 Å². The lowest BCUT2D eigenvalue weighted by molar-refractivity contribution is 0.0891. The molecule has 2 atom stereocenters. The van der Waals surface area contributed by atoms with Crippen molar-refractivity contribution in [2.45, 2.75) is 45.6 Å². The largest absolute Gasteiger partial charge is 0.361 e. The number of H-pyrrole nitrogens is 1. The molecule has 1 heterocycles. The van der Waals surface area contributed by atoms with Crippen LogP contribution in [0.3, 0.4) is 0 Å². The predicted octanol–water partition coefficient (Wildman–Crippen LogP) is 4.11. The molecular weight excluding hydrogens is 260 g/mol. The number of aromatic nitrogens is 1. The van der Waals surface area contributed by atoms with Crippen LogP contribution in [0.1, 0.15) is 49.9 Å². The van der Waals surface area contributed by atoms with Gasteiger partial charge in [-0.1, -0.05) is 32.8 Å². The molecule has 2 unspecified atom stereocenters. The summed E-state index contributed by atoms with van der Waals surface area (Å²) >= 11 is 0. The highest BCUT2D eigenvalue weighted by Gasteiger charge is 2.29. The molecule has 2 aromatic rings. The Kier molecular flexibility index (Phi) is 4.00. The van der Waals surface area contributed by atoms with Crippen LogP contribution >= 0.6 is 0 Å². The zero-order valence-electron chi connectivity index (χ0n) is 12.9. The summed E-state index contributed by atoms with van der Waals surface area (Å²) in [4.78, 5) is 15.8. The van der Waals surface area contributed by atoms with Crippen LogP contribution in [0.15, 0.2) is 30.5 Å². The molecule has 1 amide bonds. The molecule has 0 spiro atoms. The minimum Gasteiger partial charge on any atom is -0.361 e. The first-order valence-corrected chi connectivity index (χ1v) is 8.04. The number of amides is 1. The first kappa shape index (κ1) is 14.2. The second-order valence-electron chi connectivity index (χ2n) is 6.52. The van der Waals surface area contributed by atoms with Gasteiger partial charge in [0.05, 0.1) is 0 Å². The fourth-order valence-corrected chi connectivity index (χ4v) is 3.67. The van der Waals surface area contributed by atoms with Gasteiger partial charge in [-0.25, -0.2) is 0 Å². The smallest absolute Gasteiger partial charge is 0.252 e. The van der Waals surface area contributed by atoms with E-state index in [-0.39, 0.29) is 5.91 Å². The number of aromatic amines is 1. The lowest BCUT2D eigenvalue weighted by Crippen LogP contribution is -2.44. The van der Waals surface area contributed by atoms with Crippen LogP contribution in [-0.2, 0) is 0 Å². The van der Waals surface area contributed by atoms with E-state index in [1.165, 1.54) is 19.3 Å². The summed E-state index contributed by atoms with van der Waals surface area (Å²) in [6, 6.07) is 8.16. The first-order valence-electron chi connectivity index (χ1n) is 8.04. The summed E-state index contributed by atoms with van der Waals surface area (Å²) in [5, 5.41) is 4.30. The molecule has 0 aliphatic heterocycles. The molecule has 3 rings (SSSR count). The van der Waals surface area contributed by atoms with E-state index >= 15 is 0 Å². The number of fused-ring (bicyclic) bond motifs is 1. The topological polar surface area (TPSA) is 44.9 Å². The van der Waals surface area contributed by atoms with Crippen LogP contribution in [0, 0.1) is 11.8 Å². The molecule has 1 aliphatic carbocycles. The van der Waals surface area contributed by atoms with E-state index in [0.717, 1.165) is 22.9 Å². The third-order valence-electron chi connectivity index (χ3n) is 4.83. The minimum atomic E-state index is 0.0674. The molecular formula is C18H24N2O. The van der Waals surface area contributed by atoms with Gasteiger partial charge in [0.25, 0.3) is 5.91 Å². The second kappa shape index (κ2) is 5.92. The molecule has 1 aromatic heterocycles. The lowest BCUT2D eigenvalue weighted by Gasteiger charge is -2.35. The number of rotatable bonds is 3. The van der Waals surface area contributed by atoms with Crippen molar-refractivity contribution in [1.82, 2.24) is 10.3 Å². The van der Waals surface area contributed by atoms with Crippen LogP contribution in [0.5, 0.6) is 0 Å². The normalized spacial score (nSPS) is 22.6. The van der Waals surface area contributed by atoms with E-state index in [2.05, 4.69) is 24.1 Å². The summed E-state index contributed by atoms with van der Waals surface area (Å²) < 4.78 is 0. The molecule has 2 N–H and O–H groups in total. The first-order chi connectivity index (χ1) is 10.2. The average molecular weight is 284 g/mol. The highest BCUT2D eigenvalue weighted by atomic mass is 16.1. The van der Waals surface area contributed by atoms with Crippen LogP contribution in [0.25, 0.3) is 10.9 Å². The van der Waals surface area contributed by atoms with Gasteiger partial charge < -0.3 is 10.3 Å². The maximum atomic E-state index is 12.7. The number of carbonyl (C=O) groups is 1. The lowest BCUT2D eigenvalue weighted by atomic mass is 9.78. The third kappa shape index (κ3) is 2.82. The van der Waals surface area contributed by atoms with E-state index in [9.17, 15) is 4.79 Å². The Labute approximate surface area is 126 Å². The Bertz CT molecular complexity index is 629. The molecule has 0 saturated heterocycles. The molecule has 0 radical (unpaired) electrons. The number of benzene rings is 1. The van der Waals surface area contributed by atoms with Gasteiger partial charge in [0, 0.05) is 28.7 Å². The number of nitrogens with one attached hydrogen (secondary N) is 2. The fourth-order valence-electron chi connectivity index (χ4n) is 3.67. The van der Waals surface area contributed by atoms with Crippen molar-refractivity contribution < 1.29 is 4.79 Å². The van der Waals surface area contributed by atoms with Gasteiger partial charge in [-0.05, 0) is 42.9 Å². The maximum Gasteiger partial charge on any atom is 0.252 e. The van der Waals surface area contributed by atoms with Crippen LogP contribution in [0.2, 0.25) is 0 Å². The highest BCUT2D eigenvalue weighted by Crippen LogP contribution is 2.30. The molecule has 0 bridgehead atoms. The fraction of sp³-hybridized carbons (Fsp3) is 0.500. The Hall–Kier alpha value is -1.77. The molecule has 1 fully saturated rings. The average Bonchev–Trinajstić information content (AvgIpc) is 2.95. The Morgan fingerprint density at radius 1 is 1.24 bits per heavy atom. The van der Waals surface area contributed by atoms with Crippen LogP contribution < -0.4 is 5.32 Å². The summed E-state index contributed by atoms with van der Waals surface area (Å²) in [6.45, 7) is 4.53. The molecule has 1 aliphatic rings. The van der Waals surface area contributed by atoms with Crippen molar-refractivity contribution in [1.29, 1.82) is 0 Å². The van der Waals surface area contributed by atoms with E-state index in [0.29, 0.717) is 17.9 Å². The zero-order chi connectivity index (χ0) is 14.8. The molecule has 1 aromatic carbocycles. The van der Waals surface area contributed by atoms with E-state index in [1.807, 2.05) is 30.5 Å². The van der Waals surface area contributed by atoms with Gasteiger partial charge in [0.1, 0.15) is 0 Å². The maximum absolute atomic E-state index is 12.7. The number of hydrogen-bond donors (Lipinski definition) is 2. The second-order valence-corrected chi connectivity index (χ2v) is 6.52. The summed E-state index contributed by atoms with van der Waals surface area (Å²) in [5.41, 5.74) is 1.80. The Morgan fingerprint density at radius 3 is 2.86 bits per heavy atom. The van der Waals surface area contributed by atoms with Crippen molar-refractivity contribution >= 4 is 16.8 Å². The van der Waals surface area contributed by atoms with Crippen LogP contribution in [-0.4, -0.2) is 16.9 Å². The minimum absolute atomic E-state index is 0.0674. The summed E-state index contributed by atoms with van der Waals surface area (Å²) in [5.74, 6) is 1.30. The Morgan fingerprint density at radius 2 is 2.05 bits per heavy atom. The van der Waals surface area contributed by atoms with Gasteiger partial charge in [-0.15, -0.1) is 0 Å². The van der Waals surface area contributed by atoms with Crippen LogP contribution in [0.4, 0.5) is 0 Å².